The molecule has 35 heavy (non-hydrogen) atoms. The number of anilines is 1. The molecule has 2 aromatic carbocycles. The van der Waals surface area contributed by atoms with Crippen molar-refractivity contribution in [2.45, 2.75) is 26.2 Å². The smallest absolute Gasteiger partial charge is 0.321 e. The van der Waals surface area contributed by atoms with Crippen molar-refractivity contribution in [1.82, 2.24) is 4.57 Å². The van der Waals surface area contributed by atoms with E-state index in [1.54, 1.807) is 26.0 Å². The fourth-order valence-electron chi connectivity index (χ4n) is 3.44. The maximum atomic E-state index is 13.2. The minimum Gasteiger partial charge on any atom is -0.321 e. The second-order valence-electron chi connectivity index (χ2n) is 7.53. The van der Waals surface area contributed by atoms with Gasteiger partial charge < -0.3 is 9.88 Å². The third-order valence-corrected chi connectivity index (χ3v) is 5.42. The van der Waals surface area contributed by atoms with Crippen LogP contribution in [0.25, 0.3) is 11.8 Å². The number of amides is 1. The normalized spacial score (nSPS) is 12.4. The fourth-order valence-corrected chi connectivity index (χ4v) is 3.64. The van der Waals surface area contributed by atoms with Crippen LogP contribution in [0.4, 0.5) is 32.0 Å². The number of nitrogens with zero attached hydrogens (tertiary/aromatic N) is 2. The first-order valence-corrected chi connectivity index (χ1v) is 10.3. The number of hydrogen-bond acceptors (Lipinski definition) is 2. The third-order valence-electron chi connectivity index (χ3n) is 5.10. The van der Waals surface area contributed by atoms with Crippen LogP contribution in [-0.4, -0.2) is 10.5 Å². The number of carbonyl (C=O) groups excluding carboxylic acids is 1. The van der Waals surface area contributed by atoms with E-state index < -0.39 is 35.0 Å². The van der Waals surface area contributed by atoms with Gasteiger partial charge in [0.15, 0.2) is 0 Å². The van der Waals surface area contributed by atoms with Crippen molar-refractivity contribution in [2.24, 2.45) is 0 Å². The van der Waals surface area contributed by atoms with Crippen molar-refractivity contribution in [3.8, 4) is 11.8 Å². The molecule has 0 fully saturated rings. The zero-order valence-corrected chi connectivity index (χ0v) is 18.9. The maximum absolute atomic E-state index is 13.2. The van der Waals surface area contributed by atoms with Gasteiger partial charge in [0.05, 0.1) is 21.8 Å². The Morgan fingerprint density at radius 3 is 2.23 bits per heavy atom. The predicted molar refractivity (Wildman–Crippen MR) is 119 cm³/mol. The summed E-state index contributed by atoms with van der Waals surface area (Å²) >= 11 is 6.15. The number of alkyl halides is 6. The fraction of sp³-hybridized carbons (Fsp3) is 0.167. The van der Waals surface area contributed by atoms with E-state index in [0.29, 0.717) is 17.0 Å². The molecule has 0 saturated carbocycles. The molecule has 1 heterocycles. The van der Waals surface area contributed by atoms with Gasteiger partial charge in [0.1, 0.15) is 11.6 Å². The molecule has 0 aliphatic heterocycles. The summed E-state index contributed by atoms with van der Waals surface area (Å²) in [5.41, 5.74) is -1.19. The standard InChI is InChI=1S/C24H16ClF6N3O/c1-13-8-15(14(2)34(13)21-11-18(24(29,30)31)6-7-20(21)25)9-16(12-32)22(35)33-19-5-3-4-17(10-19)23(26,27)28/h3-11H,1-2H3,(H,33,35)/b16-9-. The number of benzene rings is 2. The third kappa shape index (κ3) is 5.69. The molecule has 1 N–H and O–H groups in total. The largest absolute Gasteiger partial charge is 0.416 e. The van der Waals surface area contributed by atoms with Gasteiger partial charge in [-0.15, -0.1) is 0 Å². The van der Waals surface area contributed by atoms with Crippen molar-refractivity contribution in [2.75, 3.05) is 5.32 Å². The van der Waals surface area contributed by atoms with Crippen molar-refractivity contribution >= 4 is 29.3 Å². The van der Waals surface area contributed by atoms with Crippen LogP contribution < -0.4 is 5.32 Å². The van der Waals surface area contributed by atoms with Crippen LogP contribution in [-0.2, 0) is 17.1 Å². The SMILES string of the molecule is Cc1cc(/C=C(/C#N)C(=O)Nc2cccc(C(F)(F)F)c2)c(C)n1-c1cc(C(F)(F)F)ccc1Cl. The van der Waals surface area contributed by atoms with E-state index in [2.05, 4.69) is 5.32 Å². The van der Waals surface area contributed by atoms with Crippen LogP contribution in [0.2, 0.25) is 5.02 Å². The number of aryl methyl sites for hydroxylation is 1. The first-order chi connectivity index (χ1) is 16.2. The van der Waals surface area contributed by atoms with E-state index in [1.807, 2.05) is 0 Å². The molecular weight excluding hydrogens is 496 g/mol. The van der Waals surface area contributed by atoms with E-state index in [1.165, 1.54) is 16.7 Å². The monoisotopic (exact) mass is 511 g/mol. The van der Waals surface area contributed by atoms with Crippen LogP contribution in [0.15, 0.2) is 54.1 Å². The summed E-state index contributed by atoms with van der Waals surface area (Å²) in [6, 6.07) is 10.0. The Bertz CT molecular complexity index is 1360. The van der Waals surface area contributed by atoms with Gasteiger partial charge in [-0.3, -0.25) is 4.79 Å². The maximum Gasteiger partial charge on any atom is 0.416 e. The number of rotatable bonds is 4. The zero-order valence-electron chi connectivity index (χ0n) is 18.1. The van der Waals surface area contributed by atoms with Gasteiger partial charge in [0.2, 0.25) is 0 Å². The highest BCUT2D eigenvalue weighted by Gasteiger charge is 2.32. The minimum absolute atomic E-state index is 0.0538. The van der Waals surface area contributed by atoms with Crippen LogP contribution >= 0.6 is 11.6 Å². The molecule has 182 valence electrons. The van der Waals surface area contributed by atoms with Gasteiger partial charge >= 0.3 is 12.4 Å². The number of hydrogen-bond donors (Lipinski definition) is 1. The van der Waals surface area contributed by atoms with E-state index in [0.717, 1.165) is 36.4 Å². The first kappa shape index (κ1) is 25.9. The number of carbonyl (C=O) groups is 1. The summed E-state index contributed by atoms with van der Waals surface area (Å²) in [6.07, 6.45) is -8.01. The van der Waals surface area contributed by atoms with Crippen molar-refractivity contribution in [1.29, 1.82) is 5.26 Å². The molecule has 0 aliphatic rings. The van der Waals surface area contributed by atoms with Gasteiger partial charge in [-0.25, -0.2) is 0 Å². The second-order valence-corrected chi connectivity index (χ2v) is 7.94. The van der Waals surface area contributed by atoms with Crippen molar-refractivity contribution in [3.63, 3.8) is 0 Å². The molecule has 0 bridgehead atoms. The minimum atomic E-state index is -4.61. The average Bonchev–Trinajstić information content (AvgIpc) is 3.03. The van der Waals surface area contributed by atoms with Crippen LogP contribution in [0, 0.1) is 25.2 Å². The Morgan fingerprint density at radius 2 is 1.63 bits per heavy atom. The summed E-state index contributed by atoms with van der Waals surface area (Å²) < 4.78 is 79.8. The molecule has 0 unspecified atom stereocenters. The number of aromatic nitrogens is 1. The van der Waals surface area contributed by atoms with Crippen LogP contribution in [0.1, 0.15) is 28.1 Å². The van der Waals surface area contributed by atoms with E-state index >= 15 is 0 Å². The lowest BCUT2D eigenvalue weighted by molar-refractivity contribution is -0.138. The Labute approximate surface area is 201 Å². The number of nitrogens with one attached hydrogen (secondary N) is 1. The molecule has 11 heteroatoms. The predicted octanol–water partition coefficient (Wildman–Crippen LogP) is 7.33. The van der Waals surface area contributed by atoms with Gasteiger partial charge in [-0.05, 0) is 68.0 Å². The molecule has 0 spiro atoms. The van der Waals surface area contributed by atoms with Crippen molar-refractivity contribution in [3.05, 3.63) is 87.2 Å². The van der Waals surface area contributed by atoms with E-state index in [9.17, 15) is 36.4 Å². The molecule has 3 aromatic rings. The lowest BCUT2D eigenvalue weighted by atomic mass is 10.1. The zero-order chi connectivity index (χ0) is 26.1. The lowest BCUT2D eigenvalue weighted by Crippen LogP contribution is -2.14. The van der Waals surface area contributed by atoms with Gasteiger partial charge in [0.25, 0.3) is 5.91 Å². The summed E-state index contributed by atoms with van der Waals surface area (Å²) in [7, 11) is 0. The second kappa shape index (κ2) is 9.50. The Hall–Kier alpha value is -3.71. The molecule has 3 rings (SSSR count). The highest BCUT2D eigenvalue weighted by Crippen LogP contribution is 2.35. The molecule has 0 atom stereocenters. The summed E-state index contributed by atoms with van der Waals surface area (Å²) in [6.45, 7) is 3.17. The lowest BCUT2D eigenvalue weighted by Gasteiger charge is -2.15. The highest BCUT2D eigenvalue weighted by molar-refractivity contribution is 6.32. The Morgan fingerprint density at radius 1 is 1.00 bits per heavy atom. The highest BCUT2D eigenvalue weighted by atomic mass is 35.5. The molecule has 1 amide bonds. The molecule has 0 saturated heterocycles. The summed E-state index contributed by atoms with van der Waals surface area (Å²) in [5, 5.41) is 11.8. The number of nitriles is 1. The van der Waals surface area contributed by atoms with Gasteiger partial charge in [0, 0.05) is 17.1 Å². The van der Waals surface area contributed by atoms with Crippen molar-refractivity contribution < 1.29 is 31.1 Å². The topological polar surface area (TPSA) is 57.8 Å². The molecule has 1 aromatic heterocycles. The molecule has 0 radical (unpaired) electrons. The van der Waals surface area contributed by atoms with Gasteiger partial charge in [-0.1, -0.05) is 17.7 Å². The molecular formula is C24H16ClF6N3O. The van der Waals surface area contributed by atoms with Crippen LogP contribution in [0.5, 0.6) is 0 Å². The van der Waals surface area contributed by atoms with Gasteiger partial charge in [-0.2, -0.15) is 31.6 Å². The average molecular weight is 512 g/mol. The van der Waals surface area contributed by atoms with Crippen LogP contribution in [0.3, 0.4) is 0 Å². The first-order valence-electron chi connectivity index (χ1n) is 9.89. The molecule has 4 nitrogen and oxygen atoms in total. The molecule has 0 aliphatic carbocycles. The van der Waals surface area contributed by atoms with E-state index in [-0.39, 0.29) is 16.4 Å². The summed E-state index contributed by atoms with van der Waals surface area (Å²) in [5.74, 6) is -0.950. The quantitative estimate of drug-likeness (QED) is 0.226. The number of halogens is 7. The summed E-state index contributed by atoms with van der Waals surface area (Å²) in [4.78, 5) is 12.6. The van der Waals surface area contributed by atoms with E-state index in [4.69, 9.17) is 11.6 Å². The Balaban J connectivity index is 1.98. The Kier molecular flexibility index (Phi) is 7.03.